The van der Waals surface area contributed by atoms with Crippen molar-refractivity contribution in [1.82, 2.24) is 15.0 Å². The fourth-order valence-electron chi connectivity index (χ4n) is 2.34. The number of pyridine rings is 1. The molecule has 1 atom stereocenters. The van der Waals surface area contributed by atoms with Gasteiger partial charge >= 0.3 is 0 Å². The minimum atomic E-state index is -2.24. The first-order valence-electron chi connectivity index (χ1n) is 8.65. The van der Waals surface area contributed by atoms with Crippen LogP contribution in [0.5, 0.6) is 0 Å². The molecule has 0 unspecified atom stereocenters. The maximum Gasteiger partial charge on any atom is 0.225 e. The standard InChI is InChI=1S/C18H20N7O3S/c1-12(11-26)20-18-21-16(13-6-8-19-9-7-13)10-17(22-18)24-23-14-2-4-15(5-3-14)25-29(27)28/h2-10,12,23,26H,11H2,1H3,(H,25,27,28)(H2,20,21,22,24)/q-1/t12-/m1/s1. The highest BCUT2D eigenvalue weighted by Crippen LogP contribution is 2.22. The Balaban J connectivity index is 1.81. The summed E-state index contributed by atoms with van der Waals surface area (Å²) >= 11 is 0. The molecule has 0 fully saturated rings. The van der Waals surface area contributed by atoms with Crippen molar-refractivity contribution in [2.24, 2.45) is 4.36 Å². The van der Waals surface area contributed by atoms with Gasteiger partial charge in [0, 0.05) is 35.8 Å². The Hall–Kier alpha value is -3.28. The van der Waals surface area contributed by atoms with E-state index in [1.54, 1.807) is 42.7 Å². The van der Waals surface area contributed by atoms with E-state index in [-0.39, 0.29) is 12.6 Å². The molecule has 0 saturated heterocycles. The van der Waals surface area contributed by atoms with Crippen LogP contribution in [0.1, 0.15) is 6.92 Å². The van der Waals surface area contributed by atoms with Gasteiger partial charge in [-0.25, -0.2) is 4.98 Å². The third-order valence-electron chi connectivity index (χ3n) is 3.74. The van der Waals surface area contributed by atoms with E-state index in [0.717, 1.165) is 5.56 Å². The topological polar surface area (TPSA) is 145 Å². The van der Waals surface area contributed by atoms with Crippen LogP contribution in [-0.2, 0) is 15.1 Å². The Bertz CT molecular complexity index is 1030. The molecule has 11 heteroatoms. The predicted octanol–water partition coefficient (Wildman–Crippen LogP) is 3.02. The molecule has 0 saturated carbocycles. The molecule has 0 aliphatic rings. The normalized spacial score (nSPS) is 12.9. The molecule has 0 amide bonds. The number of rotatable bonds is 8. The van der Waals surface area contributed by atoms with Crippen molar-refractivity contribution < 1.29 is 13.9 Å². The van der Waals surface area contributed by atoms with Crippen molar-refractivity contribution in [3.05, 3.63) is 54.9 Å². The van der Waals surface area contributed by atoms with Crippen molar-refractivity contribution in [3.63, 3.8) is 0 Å². The number of hydrazine groups is 1. The zero-order valence-corrected chi connectivity index (χ0v) is 16.3. The van der Waals surface area contributed by atoms with Gasteiger partial charge in [-0.15, -0.1) is 0 Å². The lowest BCUT2D eigenvalue weighted by Crippen LogP contribution is -2.21. The zero-order valence-electron chi connectivity index (χ0n) is 15.5. The number of aromatic nitrogens is 3. The van der Waals surface area contributed by atoms with E-state index in [9.17, 15) is 9.32 Å². The van der Waals surface area contributed by atoms with E-state index >= 15 is 0 Å². The van der Waals surface area contributed by atoms with E-state index < -0.39 is 10.9 Å². The van der Waals surface area contributed by atoms with Crippen LogP contribution in [0.4, 0.5) is 23.1 Å². The third kappa shape index (κ3) is 6.10. The van der Waals surface area contributed by atoms with E-state index in [1.165, 1.54) is 0 Å². The van der Waals surface area contributed by atoms with Crippen molar-refractivity contribution in [3.8, 4) is 11.3 Å². The fraction of sp³-hybridized carbons (Fsp3) is 0.167. The number of aliphatic hydroxyl groups is 1. The molecule has 5 N–H and O–H groups in total. The molecule has 2 heterocycles. The van der Waals surface area contributed by atoms with Gasteiger partial charge in [-0.05, 0) is 43.3 Å². The van der Waals surface area contributed by atoms with Gasteiger partial charge in [-0.2, -0.15) is 4.98 Å². The van der Waals surface area contributed by atoms with Gasteiger partial charge in [0.25, 0.3) is 0 Å². The van der Waals surface area contributed by atoms with Gasteiger partial charge in [-0.1, -0.05) is 10.9 Å². The molecule has 152 valence electrons. The molecule has 0 aliphatic carbocycles. The summed E-state index contributed by atoms with van der Waals surface area (Å²) in [7, 11) is -2.24. The van der Waals surface area contributed by atoms with Crippen LogP contribution < -0.4 is 16.2 Å². The van der Waals surface area contributed by atoms with Crippen molar-refractivity contribution in [1.29, 1.82) is 0 Å². The highest BCUT2D eigenvalue weighted by molar-refractivity contribution is 7.68. The number of hydrogen-bond acceptors (Lipinski definition) is 10. The van der Waals surface area contributed by atoms with Gasteiger partial charge in [0.05, 0.1) is 18.0 Å². The summed E-state index contributed by atoms with van der Waals surface area (Å²) in [6.45, 7) is 1.76. The van der Waals surface area contributed by atoms with E-state index in [2.05, 4.69) is 35.5 Å². The third-order valence-corrected chi connectivity index (χ3v) is 4.10. The quantitative estimate of drug-likeness (QED) is 0.213. The predicted molar refractivity (Wildman–Crippen MR) is 112 cm³/mol. The van der Waals surface area contributed by atoms with Crippen molar-refractivity contribution in [2.45, 2.75) is 13.0 Å². The van der Waals surface area contributed by atoms with Gasteiger partial charge in [0.15, 0.2) is 5.82 Å². The fourth-order valence-corrected chi connectivity index (χ4v) is 2.65. The summed E-state index contributed by atoms with van der Waals surface area (Å²) in [5.74, 6) is 0.870. The van der Waals surface area contributed by atoms with E-state index in [4.69, 9.17) is 4.55 Å². The Morgan fingerprint density at radius 2 is 1.83 bits per heavy atom. The molecule has 2 aromatic heterocycles. The number of aliphatic hydroxyl groups excluding tert-OH is 1. The molecule has 29 heavy (non-hydrogen) atoms. The van der Waals surface area contributed by atoms with Crippen molar-refractivity contribution in [2.75, 3.05) is 22.8 Å². The van der Waals surface area contributed by atoms with Gasteiger partial charge in [0.1, 0.15) is 0 Å². The highest BCUT2D eigenvalue weighted by atomic mass is 32.2. The molecule has 0 bridgehead atoms. The molecule has 10 nitrogen and oxygen atoms in total. The Morgan fingerprint density at radius 3 is 2.48 bits per heavy atom. The van der Waals surface area contributed by atoms with Crippen LogP contribution >= 0.6 is 0 Å². The number of nitrogens with zero attached hydrogens (tertiary/aromatic N) is 4. The molecule has 3 aromatic rings. The second-order valence-corrected chi connectivity index (χ2v) is 6.69. The Labute approximate surface area is 169 Å². The maximum atomic E-state index is 10.7. The molecule has 0 radical (unpaired) electrons. The largest absolute Gasteiger partial charge is 0.454 e. The van der Waals surface area contributed by atoms with Crippen LogP contribution in [0.15, 0.2) is 59.2 Å². The van der Waals surface area contributed by atoms with Gasteiger partial charge < -0.3 is 23.5 Å². The lowest BCUT2D eigenvalue weighted by molar-refractivity contribution is 0.281. The smallest absolute Gasteiger partial charge is 0.225 e. The summed E-state index contributed by atoms with van der Waals surface area (Å²) in [5.41, 5.74) is 8.65. The molecular formula is C18H20N7O3S-. The minimum Gasteiger partial charge on any atom is -0.454 e. The lowest BCUT2D eigenvalue weighted by atomic mass is 10.2. The Kier molecular flexibility index (Phi) is 6.89. The second-order valence-electron chi connectivity index (χ2n) is 6.04. The van der Waals surface area contributed by atoms with Crippen LogP contribution in [0.2, 0.25) is 0 Å². The molecule has 3 rings (SSSR count). The summed E-state index contributed by atoms with van der Waals surface area (Å²) in [5, 5.41) is 12.3. The number of anilines is 3. The van der Waals surface area contributed by atoms with Crippen LogP contribution in [0.3, 0.4) is 0 Å². The molecule has 0 aliphatic heterocycles. The van der Waals surface area contributed by atoms with Crippen molar-refractivity contribution >= 4 is 34.0 Å². The van der Waals surface area contributed by atoms with Crippen LogP contribution in [-0.4, -0.2) is 37.3 Å². The molecule has 0 spiro atoms. The molecular weight excluding hydrogens is 394 g/mol. The van der Waals surface area contributed by atoms with Gasteiger partial charge in [-0.3, -0.25) is 15.8 Å². The number of nitrogens with one attached hydrogen (secondary N) is 3. The lowest BCUT2D eigenvalue weighted by Gasteiger charge is -2.15. The Morgan fingerprint density at radius 1 is 1.10 bits per heavy atom. The first kappa shape index (κ1) is 20.5. The summed E-state index contributed by atoms with van der Waals surface area (Å²) < 4.78 is 23.0. The minimum absolute atomic E-state index is 0.0557. The summed E-state index contributed by atoms with van der Waals surface area (Å²) in [6, 6.07) is 11.9. The summed E-state index contributed by atoms with van der Waals surface area (Å²) in [4.78, 5) is 12.9. The molecule has 1 aromatic carbocycles. The van der Waals surface area contributed by atoms with Gasteiger partial charge in [0.2, 0.25) is 5.95 Å². The zero-order chi connectivity index (χ0) is 20.6. The van der Waals surface area contributed by atoms with Crippen LogP contribution in [0.25, 0.3) is 11.3 Å². The van der Waals surface area contributed by atoms with E-state index in [0.29, 0.717) is 28.8 Å². The number of benzene rings is 1. The first-order chi connectivity index (χ1) is 14.0. The average molecular weight is 414 g/mol. The number of hydrogen-bond donors (Lipinski definition) is 5. The monoisotopic (exact) mass is 414 g/mol. The SMILES string of the molecule is C[C@H](CO)Nc1nc(NNc2ccc(N=[S-](=O)O)cc2)cc(-c2ccncc2)n1. The maximum absolute atomic E-state index is 10.7. The second kappa shape index (κ2) is 9.78. The van der Waals surface area contributed by atoms with E-state index in [1.807, 2.05) is 19.1 Å². The summed E-state index contributed by atoms with van der Waals surface area (Å²) in [6.07, 6.45) is 3.36. The highest BCUT2D eigenvalue weighted by Gasteiger charge is 2.09. The average Bonchev–Trinajstić information content (AvgIpc) is 2.73. The van der Waals surface area contributed by atoms with Crippen LogP contribution in [0, 0.1) is 0 Å². The first-order valence-corrected chi connectivity index (χ1v) is 9.71.